The molecule has 1 heterocycles. The number of benzene rings is 1. The summed E-state index contributed by atoms with van der Waals surface area (Å²) in [4.78, 5) is 4.14. The summed E-state index contributed by atoms with van der Waals surface area (Å²) in [6.45, 7) is 7.71. The number of hydrogen-bond acceptors (Lipinski definition) is 3. The van der Waals surface area contributed by atoms with E-state index in [0.717, 1.165) is 37.5 Å². The molecular weight excluding hydrogens is 250 g/mol. The average molecular weight is 273 g/mol. The molecule has 1 N–H and O–H groups in total. The predicted octanol–water partition coefficient (Wildman–Crippen LogP) is 2.98. The minimum Gasteiger partial charge on any atom is -0.487 e. The molecule has 0 atom stereocenters. The van der Waals surface area contributed by atoms with Crippen LogP contribution < -0.4 is 10.1 Å². The van der Waals surface area contributed by atoms with Crippen LogP contribution >= 0.6 is 0 Å². The lowest BCUT2D eigenvalue weighted by Crippen LogP contribution is -2.13. The predicted molar refractivity (Wildman–Crippen MR) is 80.7 cm³/mol. The van der Waals surface area contributed by atoms with E-state index in [1.807, 2.05) is 24.7 Å². The zero-order valence-electron chi connectivity index (χ0n) is 12.3. The van der Waals surface area contributed by atoms with Crippen LogP contribution in [-0.2, 0) is 19.7 Å². The smallest absolute Gasteiger partial charge is 0.130 e. The molecule has 0 bridgehead atoms. The molecular formula is C16H23N3O. The summed E-state index contributed by atoms with van der Waals surface area (Å²) in [6, 6.07) is 8.26. The van der Waals surface area contributed by atoms with Crippen molar-refractivity contribution in [3.05, 3.63) is 48.0 Å². The minimum atomic E-state index is 0.557. The molecule has 4 heteroatoms. The van der Waals surface area contributed by atoms with Crippen molar-refractivity contribution >= 4 is 0 Å². The number of aryl methyl sites for hydroxylation is 1. The summed E-state index contributed by atoms with van der Waals surface area (Å²) in [7, 11) is 0. The van der Waals surface area contributed by atoms with Crippen molar-refractivity contribution in [1.29, 1.82) is 0 Å². The topological polar surface area (TPSA) is 39.1 Å². The van der Waals surface area contributed by atoms with E-state index in [9.17, 15) is 0 Å². The fourth-order valence-corrected chi connectivity index (χ4v) is 2.02. The van der Waals surface area contributed by atoms with Gasteiger partial charge in [-0.3, -0.25) is 0 Å². The third kappa shape index (κ3) is 4.10. The van der Waals surface area contributed by atoms with Crippen molar-refractivity contribution in [2.75, 3.05) is 6.54 Å². The summed E-state index contributed by atoms with van der Waals surface area (Å²) in [6.07, 6.45) is 4.85. The molecule has 0 aliphatic heterocycles. The van der Waals surface area contributed by atoms with Gasteiger partial charge in [-0.2, -0.15) is 0 Å². The SMILES string of the molecule is CCCNCc1ccc(OCc2cncn2CC)cc1. The van der Waals surface area contributed by atoms with Crippen LogP contribution in [-0.4, -0.2) is 16.1 Å². The quantitative estimate of drug-likeness (QED) is 0.752. The molecule has 4 nitrogen and oxygen atoms in total. The maximum atomic E-state index is 5.79. The van der Waals surface area contributed by atoms with Gasteiger partial charge in [-0.25, -0.2) is 4.98 Å². The second kappa shape index (κ2) is 7.70. The van der Waals surface area contributed by atoms with Gasteiger partial charge in [0.1, 0.15) is 12.4 Å². The number of ether oxygens (including phenoxy) is 1. The molecule has 0 spiro atoms. The van der Waals surface area contributed by atoms with Crippen molar-refractivity contribution in [2.24, 2.45) is 0 Å². The first-order valence-corrected chi connectivity index (χ1v) is 7.25. The maximum absolute atomic E-state index is 5.79. The summed E-state index contributed by atoms with van der Waals surface area (Å²) in [5.74, 6) is 0.896. The molecule has 1 aromatic heterocycles. The van der Waals surface area contributed by atoms with Crippen LogP contribution in [0.2, 0.25) is 0 Å². The lowest BCUT2D eigenvalue weighted by Gasteiger charge is -2.09. The Morgan fingerprint density at radius 2 is 2.00 bits per heavy atom. The van der Waals surface area contributed by atoms with Gasteiger partial charge in [-0.15, -0.1) is 0 Å². The Hall–Kier alpha value is -1.81. The third-order valence-electron chi connectivity index (χ3n) is 3.21. The van der Waals surface area contributed by atoms with E-state index >= 15 is 0 Å². The van der Waals surface area contributed by atoms with Crippen LogP contribution in [0.15, 0.2) is 36.8 Å². The van der Waals surface area contributed by atoms with Gasteiger partial charge in [0.2, 0.25) is 0 Å². The van der Waals surface area contributed by atoms with Crippen LogP contribution in [0.3, 0.4) is 0 Å². The molecule has 0 saturated carbocycles. The van der Waals surface area contributed by atoms with Crippen molar-refractivity contribution < 1.29 is 4.74 Å². The highest BCUT2D eigenvalue weighted by Gasteiger charge is 2.01. The first-order valence-electron chi connectivity index (χ1n) is 7.25. The van der Waals surface area contributed by atoms with Crippen molar-refractivity contribution in [2.45, 2.75) is 40.0 Å². The van der Waals surface area contributed by atoms with E-state index in [2.05, 4.69) is 40.8 Å². The third-order valence-corrected chi connectivity index (χ3v) is 3.21. The van der Waals surface area contributed by atoms with Gasteiger partial charge in [0.15, 0.2) is 0 Å². The highest BCUT2D eigenvalue weighted by atomic mass is 16.5. The van der Waals surface area contributed by atoms with Gasteiger partial charge in [-0.1, -0.05) is 19.1 Å². The van der Waals surface area contributed by atoms with Crippen LogP contribution in [0.25, 0.3) is 0 Å². The fourth-order valence-electron chi connectivity index (χ4n) is 2.02. The second-order valence-corrected chi connectivity index (χ2v) is 4.78. The fraction of sp³-hybridized carbons (Fsp3) is 0.438. The van der Waals surface area contributed by atoms with Crippen LogP contribution in [0, 0.1) is 0 Å². The Kier molecular flexibility index (Phi) is 5.62. The Morgan fingerprint density at radius 1 is 1.20 bits per heavy atom. The summed E-state index contributed by atoms with van der Waals surface area (Å²) in [5, 5.41) is 3.39. The molecule has 0 amide bonds. The molecule has 0 unspecified atom stereocenters. The average Bonchev–Trinajstić information content (AvgIpc) is 2.94. The minimum absolute atomic E-state index is 0.557. The maximum Gasteiger partial charge on any atom is 0.130 e. The van der Waals surface area contributed by atoms with Crippen LogP contribution in [0.4, 0.5) is 0 Å². The van der Waals surface area contributed by atoms with Crippen molar-refractivity contribution in [3.8, 4) is 5.75 Å². The summed E-state index contributed by atoms with van der Waals surface area (Å²) in [5.41, 5.74) is 2.38. The molecule has 0 fully saturated rings. The highest BCUT2D eigenvalue weighted by Crippen LogP contribution is 2.14. The lowest BCUT2D eigenvalue weighted by atomic mass is 10.2. The zero-order chi connectivity index (χ0) is 14.2. The molecule has 20 heavy (non-hydrogen) atoms. The van der Waals surface area contributed by atoms with E-state index in [1.54, 1.807) is 0 Å². The number of nitrogens with zero attached hydrogens (tertiary/aromatic N) is 2. The van der Waals surface area contributed by atoms with E-state index < -0.39 is 0 Å². The molecule has 0 radical (unpaired) electrons. The van der Waals surface area contributed by atoms with Crippen molar-refractivity contribution in [3.63, 3.8) is 0 Å². The molecule has 0 aliphatic carbocycles. The van der Waals surface area contributed by atoms with Gasteiger partial charge in [0, 0.05) is 13.1 Å². The Morgan fingerprint density at radius 3 is 2.70 bits per heavy atom. The number of hydrogen-bond donors (Lipinski definition) is 1. The summed E-state index contributed by atoms with van der Waals surface area (Å²) < 4.78 is 7.88. The Balaban J connectivity index is 1.84. The normalized spacial score (nSPS) is 10.7. The highest BCUT2D eigenvalue weighted by molar-refractivity contribution is 5.27. The largest absolute Gasteiger partial charge is 0.487 e. The number of aromatic nitrogens is 2. The standard InChI is InChI=1S/C16H23N3O/c1-3-9-17-10-14-5-7-16(8-6-14)20-12-15-11-18-13-19(15)4-2/h5-8,11,13,17H,3-4,9-10,12H2,1-2H3. The van der Waals surface area contributed by atoms with E-state index in [0.29, 0.717) is 6.61 Å². The monoisotopic (exact) mass is 273 g/mol. The molecule has 2 rings (SSSR count). The van der Waals surface area contributed by atoms with Gasteiger partial charge < -0.3 is 14.6 Å². The lowest BCUT2D eigenvalue weighted by molar-refractivity contribution is 0.295. The Bertz CT molecular complexity index is 505. The second-order valence-electron chi connectivity index (χ2n) is 4.78. The van der Waals surface area contributed by atoms with E-state index in [1.165, 1.54) is 5.56 Å². The molecule has 108 valence electrons. The Labute approximate surface area is 120 Å². The molecule has 0 aliphatic rings. The summed E-state index contributed by atoms with van der Waals surface area (Å²) >= 11 is 0. The van der Waals surface area contributed by atoms with Crippen LogP contribution in [0.1, 0.15) is 31.5 Å². The number of imidazole rings is 1. The van der Waals surface area contributed by atoms with E-state index in [-0.39, 0.29) is 0 Å². The number of nitrogens with one attached hydrogen (secondary N) is 1. The van der Waals surface area contributed by atoms with Gasteiger partial charge in [0.25, 0.3) is 0 Å². The van der Waals surface area contributed by atoms with Gasteiger partial charge >= 0.3 is 0 Å². The van der Waals surface area contributed by atoms with Gasteiger partial charge in [-0.05, 0) is 37.6 Å². The first kappa shape index (κ1) is 14.6. The number of rotatable bonds is 8. The van der Waals surface area contributed by atoms with Gasteiger partial charge in [0.05, 0.1) is 18.2 Å². The molecule has 0 saturated heterocycles. The van der Waals surface area contributed by atoms with Crippen molar-refractivity contribution in [1.82, 2.24) is 14.9 Å². The molecule has 2 aromatic rings. The zero-order valence-corrected chi connectivity index (χ0v) is 12.3. The molecule has 1 aromatic carbocycles. The first-order chi connectivity index (χ1) is 9.83. The van der Waals surface area contributed by atoms with Crippen LogP contribution in [0.5, 0.6) is 5.75 Å². The van der Waals surface area contributed by atoms with E-state index in [4.69, 9.17) is 4.74 Å².